The fourth-order valence-electron chi connectivity index (χ4n) is 1.85. The largest absolute Gasteiger partial charge is 0.344 e. The van der Waals surface area contributed by atoms with Gasteiger partial charge in [-0.1, -0.05) is 23.2 Å². The summed E-state index contributed by atoms with van der Waals surface area (Å²) < 4.78 is 22.5. The summed E-state index contributed by atoms with van der Waals surface area (Å²) in [6.45, 7) is 0. The van der Waals surface area contributed by atoms with Gasteiger partial charge in [0.15, 0.2) is 0 Å². The quantitative estimate of drug-likeness (QED) is 0.747. The molecule has 2 amide bonds. The molecule has 1 aliphatic heterocycles. The molecule has 0 bridgehead atoms. The zero-order valence-electron chi connectivity index (χ0n) is 10.5. The topological polar surface area (TPSA) is 118 Å². The van der Waals surface area contributed by atoms with E-state index in [2.05, 4.69) is 10.6 Å². The van der Waals surface area contributed by atoms with Gasteiger partial charge in [-0.05, 0) is 18.6 Å². The fourth-order valence-corrected chi connectivity index (χ4v) is 3.13. The third kappa shape index (κ3) is 3.65. The number of hydrogen-bond donors (Lipinski definition) is 3. The highest BCUT2D eigenvalue weighted by atomic mass is 35.5. The Morgan fingerprint density at radius 1 is 1.33 bits per heavy atom. The minimum absolute atomic E-state index is 0.0656. The average Bonchev–Trinajstić information content (AvgIpc) is 2.79. The maximum absolute atomic E-state index is 12.0. The maximum atomic E-state index is 12.0. The molecular weight excluding hydrogens is 341 g/mol. The molecule has 1 aliphatic rings. The van der Waals surface area contributed by atoms with Crippen LogP contribution in [0.3, 0.4) is 0 Å². The smallest absolute Gasteiger partial charge is 0.247 e. The van der Waals surface area contributed by atoms with Gasteiger partial charge in [-0.25, -0.2) is 13.6 Å². The number of anilines is 1. The van der Waals surface area contributed by atoms with Crippen LogP contribution in [0.4, 0.5) is 5.69 Å². The van der Waals surface area contributed by atoms with E-state index in [1.165, 1.54) is 0 Å². The van der Waals surface area contributed by atoms with E-state index in [4.69, 9.17) is 28.3 Å². The molecule has 1 heterocycles. The van der Waals surface area contributed by atoms with Crippen molar-refractivity contribution in [3.63, 3.8) is 0 Å². The van der Waals surface area contributed by atoms with Gasteiger partial charge < -0.3 is 10.6 Å². The Kier molecular flexibility index (Phi) is 4.43. The minimum atomic E-state index is -3.95. The van der Waals surface area contributed by atoms with Crippen molar-refractivity contribution in [1.29, 1.82) is 0 Å². The number of benzene rings is 1. The predicted molar refractivity (Wildman–Crippen MR) is 77.6 cm³/mol. The van der Waals surface area contributed by atoms with Crippen LogP contribution < -0.4 is 15.8 Å². The van der Waals surface area contributed by atoms with Crippen LogP contribution in [0, 0.1) is 0 Å². The normalized spacial score (nSPS) is 18.4. The summed E-state index contributed by atoms with van der Waals surface area (Å²) >= 11 is 11.8. The van der Waals surface area contributed by atoms with Crippen molar-refractivity contribution >= 4 is 50.7 Å². The van der Waals surface area contributed by atoms with E-state index in [0.717, 1.165) is 12.1 Å². The predicted octanol–water partition coefficient (Wildman–Crippen LogP) is 0.858. The van der Waals surface area contributed by atoms with Crippen molar-refractivity contribution in [2.75, 3.05) is 5.32 Å². The molecule has 4 N–H and O–H groups in total. The third-order valence-electron chi connectivity index (χ3n) is 2.90. The molecule has 1 unspecified atom stereocenters. The summed E-state index contributed by atoms with van der Waals surface area (Å²) in [5, 5.41) is 9.81. The number of carbonyl (C=O) groups excluding carboxylic acids is 2. The van der Waals surface area contributed by atoms with Gasteiger partial charge in [0.2, 0.25) is 21.8 Å². The number of nitrogens with one attached hydrogen (secondary N) is 2. The Hall–Kier alpha value is -1.35. The van der Waals surface area contributed by atoms with Crippen molar-refractivity contribution in [3.05, 3.63) is 22.2 Å². The van der Waals surface area contributed by atoms with Crippen molar-refractivity contribution < 1.29 is 18.0 Å². The molecule has 0 aromatic heterocycles. The number of sulfonamides is 1. The summed E-state index contributed by atoms with van der Waals surface area (Å²) in [5.74, 6) is -0.690. The maximum Gasteiger partial charge on any atom is 0.247 e. The van der Waals surface area contributed by atoms with Gasteiger partial charge in [-0.15, -0.1) is 0 Å². The molecule has 0 radical (unpaired) electrons. The van der Waals surface area contributed by atoms with Gasteiger partial charge in [0.1, 0.15) is 6.04 Å². The Bertz CT molecular complexity index is 697. The van der Waals surface area contributed by atoms with E-state index < -0.39 is 22.0 Å². The van der Waals surface area contributed by atoms with E-state index in [9.17, 15) is 18.0 Å². The Morgan fingerprint density at radius 2 is 1.90 bits per heavy atom. The van der Waals surface area contributed by atoms with Crippen LogP contribution in [-0.4, -0.2) is 26.3 Å². The zero-order chi connectivity index (χ0) is 15.8. The van der Waals surface area contributed by atoms with Crippen LogP contribution in [0.5, 0.6) is 0 Å². The molecule has 1 aromatic rings. The minimum Gasteiger partial charge on any atom is -0.344 e. The molecular formula is C11H11Cl2N3O4S. The summed E-state index contributed by atoms with van der Waals surface area (Å²) in [6, 6.07) is 1.51. The van der Waals surface area contributed by atoms with Crippen LogP contribution in [0.1, 0.15) is 12.8 Å². The number of amides is 2. The lowest BCUT2D eigenvalue weighted by Gasteiger charge is -2.14. The van der Waals surface area contributed by atoms with Crippen molar-refractivity contribution in [1.82, 2.24) is 5.32 Å². The molecule has 2 rings (SSSR count). The lowest BCUT2D eigenvalue weighted by Crippen LogP contribution is -2.37. The number of hydrogen-bond acceptors (Lipinski definition) is 4. The summed E-state index contributed by atoms with van der Waals surface area (Å²) in [4.78, 5) is 22.8. The highest BCUT2D eigenvalue weighted by molar-refractivity contribution is 7.89. The molecule has 1 atom stereocenters. The number of rotatable bonds is 3. The summed E-state index contributed by atoms with van der Waals surface area (Å²) in [5.41, 5.74) is 0.0666. The lowest BCUT2D eigenvalue weighted by molar-refractivity contribution is -0.122. The highest BCUT2D eigenvalue weighted by Gasteiger charge is 2.28. The van der Waals surface area contributed by atoms with Gasteiger partial charge in [0.05, 0.1) is 20.6 Å². The number of nitrogens with two attached hydrogens (primary N) is 1. The van der Waals surface area contributed by atoms with Crippen LogP contribution in [0.25, 0.3) is 0 Å². The van der Waals surface area contributed by atoms with Crippen LogP contribution >= 0.6 is 23.2 Å². The van der Waals surface area contributed by atoms with E-state index in [1.54, 1.807) is 0 Å². The summed E-state index contributed by atoms with van der Waals surface area (Å²) in [6.07, 6.45) is 0.638. The van der Waals surface area contributed by atoms with E-state index in [-0.39, 0.29) is 33.0 Å². The van der Waals surface area contributed by atoms with Crippen LogP contribution in [-0.2, 0) is 19.6 Å². The molecule has 1 fully saturated rings. The molecule has 10 heteroatoms. The summed E-state index contributed by atoms with van der Waals surface area (Å²) in [7, 11) is -3.95. The number of carbonyl (C=O) groups is 2. The standard InChI is InChI=1S/C11H11Cl2N3O4S/c12-6-3-5(21(14,19)20)4-7(13)10(6)16-11(18)8-1-2-9(17)15-8/h3-4,8H,1-2H2,(H,15,17)(H,16,18)(H2,14,19,20). The molecule has 1 aromatic carbocycles. The fraction of sp³-hybridized carbons (Fsp3) is 0.273. The second-order valence-electron chi connectivity index (χ2n) is 4.45. The molecule has 1 saturated heterocycles. The van der Waals surface area contributed by atoms with E-state index >= 15 is 0 Å². The van der Waals surface area contributed by atoms with Gasteiger partial charge in [0, 0.05) is 6.42 Å². The lowest BCUT2D eigenvalue weighted by atomic mass is 10.2. The zero-order valence-corrected chi connectivity index (χ0v) is 12.8. The monoisotopic (exact) mass is 351 g/mol. The number of halogens is 2. The third-order valence-corrected chi connectivity index (χ3v) is 4.39. The Balaban J connectivity index is 2.25. The van der Waals surface area contributed by atoms with Gasteiger partial charge in [-0.3, -0.25) is 9.59 Å². The Morgan fingerprint density at radius 3 is 2.33 bits per heavy atom. The van der Waals surface area contributed by atoms with E-state index in [1.807, 2.05) is 0 Å². The van der Waals surface area contributed by atoms with Crippen LogP contribution in [0.15, 0.2) is 17.0 Å². The van der Waals surface area contributed by atoms with Crippen molar-refractivity contribution in [2.24, 2.45) is 5.14 Å². The first-order valence-corrected chi connectivity index (χ1v) is 8.11. The van der Waals surface area contributed by atoms with Gasteiger partial charge in [-0.2, -0.15) is 0 Å². The first-order chi connectivity index (χ1) is 9.68. The highest BCUT2D eigenvalue weighted by Crippen LogP contribution is 2.33. The first kappa shape index (κ1) is 16.0. The molecule has 7 nitrogen and oxygen atoms in total. The second kappa shape index (κ2) is 5.80. The van der Waals surface area contributed by atoms with Gasteiger partial charge in [0.25, 0.3) is 0 Å². The molecule has 0 aliphatic carbocycles. The first-order valence-electron chi connectivity index (χ1n) is 5.80. The molecule has 21 heavy (non-hydrogen) atoms. The van der Waals surface area contributed by atoms with Crippen molar-refractivity contribution in [3.8, 4) is 0 Å². The molecule has 0 spiro atoms. The van der Waals surface area contributed by atoms with E-state index in [0.29, 0.717) is 6.42 Å². The molecule has 114 valence electrons. The van der Waals surface area contributed by atoms with Gasteiger partial charge >= 0.3 is 0 Å². The average molecular weight is 352 g/mol. The molecule has 0 saturated carbocycles. The van der Waals surface area contributed by atoms with Crippen molar-refractivity contribution in [2.45, 2.75) is 23.8 Å². The van der Waals surface area contributed by atoms with Crippen LogP contribution in [0.2, 0.25) is 10.0 Å². The SMILES string of the molecule is NS(=O)(=O)c1cc(Cl)c(NC(=O)C2CCC(=O)N2)c(Cl)c1. The Labute approximate surface area is 130 Å². The second-order valence-corrected chi connectivity index (χ2v) is 6.83. The number of primary sulfonamides is 1.